The van der Waals surface area contributed by atoms with Crippen LogP contribution in [-0.4, -0.2) is 32.4 Å². The SMILES string of the molecule is [2H]CC(CNC(N)=NC)CC([CH2-])=O.[CH2-]NC.[W+2]. The Morgan fingerprint density at radius 1 is 1.69 bits per heavy atom. The molecule has 0 aliphatic rings. The summed E-state index contributed by atoms with van der Waals surface area (Å²) in [6.45, 7) is 3.94. The fourth-order valence-corrected chi connectivity index (χ4v) is 0.722. The summed E-state index contributed by atoms with van der Waals surface area (Å²) in [5.74, 6) is 0.145. The van der Waals surface area contributed by atoms with Gasteiger partial charge in [-0.15, -0.1) is 0 Å². The molecule has 6 heteroatoms. The minimum atomic E-state index is -0.147. The van der Waals surface area contributed by atoms with Crippen LogP contribution in [-0.2, 0) is 25.9 Å². The molecule has 0 aromatic rings. The third-order valence-corrected chi connectivity index (χ3v) is 1.33. The fourth-order valence-electron chi connectivity index (χ4n) is 0.722. The number of nitrogens with two attached hydrogens (primary N) is 1. The molecule has 0 aromatic carbocycles. The van der Waals surface area contributed by atoms with Crippen molar-refractivity contribution in [3.63, 3.8) is 0 Å². The average Bonchev–Trinajstić information content (AvgIpc) is 2.24. The number of aliphatic imine (C=N–C) groups is 1. The van der Waals surface area contributed by atoms with Crippen molar-refractivity contribution in [2.45, 2.75) is 13.3 Å². The summed E-state index contributed by atoms with van der Waals surface area (Å²) in [4.78, 5) is 14.3. The summed E-state index contributed by atoms with van der Waals surface area (Å²) in [7, 11) is 6.57. The van der Waals surface area contributed by atoms with Gasteiger partial charge in [0, 0.05) is 15.0 Å². The van der Waals surface area contributed by atoms with Crippen molar-refractivity contribution in [2.75, 3.05) is 20.6 Å². The van der Waals surface area contributed by atoms with Gasteiger partial charge in [0.05, 0.1) is 0 Å². The van der Waals surface area contributed by atoms with Gasteiger partial charge in [-0.3, -0.25) is 12.0 Å². The van der Waals surface area contributed by atoms with Gasteiger partial charge in [-0.1, -0.05) is 6.90 Å². The minimum Gasteiger partial charge on any atom is -0.475 e. The molecule has 0 saturated carbocycles. The van der Waals surface area contributed by atoms with Crippen LogP contribution >= 0.6 is 0 Å². The molecule has 0 amide bonds. The second kappa shape index (κ2) is 14.5. The largest absolute Gasteiger partial charge is 2.00 e. The number of hydrogen-bond acceptors (Lipinski definition) is 3. The molecule has 0 heterocycles. The smallest absolute Gasteiger partial charge is 0.475 e. The third kappa shape index (κ3) is 19.1. The van der Waals surface area contributed by atoms with E-state index in [9.17, 15) is 4.79 Å². The second-order valence-corrected chi connectivity index (χ2v) is 2.95. The van der Waals surface area contributed by atoms with Crippen LogP contribution in [0.5, 0.6) is 0 Å². The summed E-state index contributed by atoms with van der Waals surface area (Å²) < 4.78 is 7.15. The Balaban J connectivity index is -0.000000440. The van der Waals surface area contributed by atoms with Crippen molar-refractivity contribution < 1.29 is 27.2 Å². The van der Waals surface area contributed by atoms with Crippen molar-refractivity contribution in [1.82, 2.24) is 10.6 Å². The van der Waals surface area contributed by atoms with E-state index in [1.807, 2.05) is 0 Å². The number of guanidine groups is 1. The first kappa shape index (κ1) is 17.8. The zero-order valence-electron chi connectivity index (χ0n) is 11.0. The minimum absolute atomic E-state index is 0. The van der Waals surface area contributed by atoms with Gasteiger partial charge in [-0.2, -0.15) is 0 Å². The molecule has 0 saturated heterocycles. The first-order valence-electron chi connectivity index (χ1n) is 5.26. The average molecular weight is 399 g/mol. The second-order valence-electron chi connectivity index (χ2n) is 2.95. The summed E-state index contributed by atoms with van der Waals surface area (Å²) in [6, 6.07) is 0. The maximum absolute atomic E-state index is 10.6. The Bertz CT molecular complexity index is 214. The van der Waals surface area contributed by atoms with Crippen LogP contribution in [0.15, 0.2) is 4.99 Å². The van der Waals surface area contributed by atoms with E-state index in [0.717, 1.165) is 0 Å². The van der Waals surface area contributed by atoms with Gasteiger partial charge in [0.25, 0.3) is 0 Å². The number of ketones is 1. The molecule has 0 spiro atoms. The van der Waals surface area contributed by atoms with Crippen LogP contribution in [0, 0.1) is 19.9 Å². The van der Waals surface area contributed by atoms with Crippen molar-refractivity contribution in [2.24, 2.45) is 16.6 Å². The molecule has 0 aliphatic carbocycles. The quantitative estimate of drug-likeness (QED) is 0.352. The van der Waals surface area contributed by atoms with Gasteiger partial charge in [0.1, 0.15) is 0 Å². The Kier molecular flexibility index (Phi) is 16.1. The van der Waals surface area contributed by atoms with Gasteiger partial charge >= 0.3 is 21.1 Å². The van der Waals surface area contributed by atoms with Crippen LogP contribution in [0.4, 0.5) is 0 Å². The number of nitrogens with one attached hydrogen (secondary N) is 2. The topological polar surface area (TPSA) is 79.5 Å². The number of Topliss-reactive ketones (excluding diaryl/α,β-unsaturated/α-hetero) is 1. The predicted molar refractivity (Wildman–Crippen MR) is 64.1 cm³/mol. The standard InChI is InChI=1S/C8H16N3O.C2H6N.W/c1-6(4-7(2)12)5-11-8(9)10-3;1-3-2;/h6H,2,4-5H2,1,3H3,(H3,9,10,11);3H,1H2,2H3;/q2*-1;+2/i1D;;. The van der Waals surface area contributed by atoms with E-state index in [2.05, 4.69) is 29.6 Å². The van der Waals surface area contributed by atoms with Gasteiger partial charge in [-0.25, -0.2) is 0 Å². The molecule has 0 rings (SSSR count). The molecule has 0 bridgehead atoms. The predicted octanol–water partition coefficient (Wildman–Crippen LogP) is -0.0552. The van der Waals surface area contributed by atoms with E-state index in [1.54, 1.807) is 14.1 Å². The van der Waals surface area contributed by atoms with Crippen molar-refractivity contribution in [3.8, 4) is 0 Å². The van der Waals surface area contributed by atoms with Crippen LogP contribution in [0.3, 0.4) is 0 Å². The van der Waals surface area contributed by atoms with Crippen molar-refractivity contribution in [1.29, 1.82) is 0 Å². The molecule has 0 aliphatic heterocycles. The Morgan fingerprint density at radius 2 is 2.19 bits per heavy atom. The molecule has 16 heavy (non-hydrogen) atoms. The van der Waals surface area contributed by atoms with E-state index < -0.39 is 0 Å². The molecule has 4 N–H and O–H groups in total. The Hall–Kier alpha value is -0.542. The Morgan fingerprint density at radius 3 is 2.50 bits per heavy atom. The molecular weight excluding hydrogens is 376 g/mol. The summed E-state index contributed by atoms with van der Waals surface area (Å²) >= 11 is 0. The van der Waals surface area contributed by atoms with E-state index in [0.29, 0.717) is 18.9 Å². The Labute approximate surface area is 114 Å². The van der Waals surface area contributed by atoms with Crippen LogP contribution in [0.1, 0.15) is 14.7 Å². The molecular formula is C10H22N4OW. The molecule has 0 fully saturated rings. The summed E-state index contributed by atoms with van der Waals surface area (Å²) in [6.07, 6.45) is 0.313. The van der Waals surface area contributed by atoms with E-state index in [-0.39, 0.29) is 39.7 Å². The summed E-state index contributed by atoms with van der Waals surface area (Å²) in [5.41, 5.74) is 5.38. The van der Waals surface area contributed by atoms with Crippen LogP contribution < -0.4 is 16.4 Å². The van der Waals surface area contributed by atoms with E-state index in [1.165, 1.54) is 0 Å². The fraction of sp³-hybridized carbons (Fsp3) is 0.600. The van der Waals surface area contributed by atoms with Gasteiger partial charge in [0.2, 0.25) is 0 Å². The third-order valence-electron chi connectivity index (χ3n) is 1.33. The molecule has 0 radical (unpaired) electrons. The van der Waals surface area contributed by atoms with Crippen molar-refractivity contribution >= 4 is 11.7 Å². The van der Waals surface area contributed by atoms with Gasteiger partial charge in [-0.05, 0) is 25.2 Å². The summed E-state index contributed by atoms with van der Waals surface area (Å²) in [5, 5.41) is 5.32. The van der Waals surface area contributed by atoms with Crippen LogP contribution in [0.2, 0.25) is 0 Å². The molecule has 5 nitrogen and oxygen atoms in total. The van der Waals surface area contributed by atoms with E-state index in [4.69, 9.17) is 7.10 Å². The molecule has 1 atom stereocenters. The zero-order valence-corrected chi connectivity index (χ0v) is 12.9. The number of carbonyl (C=O) groups is 1. The van der Waals surface area contributed by atoms with Gasteiger partial charge < -0.3 is 28.1 Å². The molecule has 0 aromatic heterocycles. The maximum Gasteiger partial charge on any atom is 2.00 e. The van der Waals surface area contributed by atoms with Gasteiger partial charge in [0.15, 0.2) is 5.96 Å². The number of nitrogens with zero attached hydrogens (tertiary/aromatic N) is 1. The maximum atomic E-state index is 10.6. The van der Waals surface area contributed by atoms with Crippen molar-refractivity contribution in [3.05, 3.63) is 14.0 Å². The monoisotopic (exact) mass is 399 g/mol. The first-order valence-corrected chi connectivity index (χ1v) is 4.55. The number of carbonyl (C=O) groups excluding carboxylic acids is 1. The first-order chi connectivity index (χ1) is 7.51. The molecule has 94 valence electrons. The number of rotatable bonds is 4. The number of hydrogen-bond donors (Lipinski definition) is 3. The normalized spacial score (nSPS) is 12.4. The van der Waals surface area contributed by atoms with Crippen LogP contribution in [0.25, 0.3) is 0 Å². The zero-order chi connectivity index (χ0) is 13.0. The molecule has 1 unspecified atom stereocenters. The van der Waals surface area contributed by atoms with E-state index >= 15 is 0 Å².